The standard InChI is InChI=1S/C12H14BrNO4S/c13-9-2-1-3-10(11(9)12(15)16)14-8-4-6-19(17,18)7-5-8/h1-3,8,14H,4-7H2,(H,15,16). The summed E-state index contributed by atoms with van der Waals surface area (Å²) in [7, 11) is -2.91. The minimum Gasteiger partial charge on any atom is -0.478 e. The third kappa shape index (κ3) is 3.48. The fourth-order valence-corrected chi connectivity index (χ4v) is 4.14. The molecule has 0 aliphatic carbocycles. The molecule has 2 rings (SSSR count). The van der Waals surface area contributed by atoms with Crippen LogP contribution in [0.5, 0.6) is 0 Å². The van der Waals surface area contributed by atoms with E-state index in [-0.39, 0.29) is 23.1 Å². The second kappa shape index (κ2) is 5.50. The number of anilines is 1. The third-order valence-electron chi connectivity index (χ3n) is 3.14. The molecule has 0 radical (unpaired) electrons. The highest BCUT2D eigenvalue weighted by molar-refractivity contribution is 9.10. The molecular weight excluding hydrogens is 334 g/mol. The SMILES string of the molecule is O=C(O)c1c(Br)cccc1NC1CCS(=O)(=O)CC1. The van der Waals surface area contributed by atoms with Crippen LogP contribution in [-0.2, 0) is 9.84 Å². The van der Waals surface area contributed by atoms with E-state index in [1.807, 2.05) is 0 Å². The van der Waals surface area contributed by atoms with Crippen LogP contribution >= 0.6 is 15.9 Å². The maximum Gasteiger partial charge on any atom is 0.338 e. The Kier molecular flexibility index (Phi) is 4.15. The first-order chi connectivity index (χ1) is 8.89. The number of carboxylic acid groups (broad SMARTS) is 1. The summed E-state index contributed by atoms with van der Waals surface area (Å²) in [6.07, 6.45) is 1.02. The van der Waals surface area contributed by atoms with E-state index in [1.54, 1.807) is 18.2 Å². The molecule has 1 heterocycles. The Labute approximate surface area is 120 Å². The number of hydrogen-bond acceptors (Lipinski definition) is 4. The van der Waals surface area contributed by atoms with Gasteiger partial charge in [-0.15, -0.1) is 0 Å². The molecule has 0 aromatic heterocycles. The highest BCUT2D eigenvalue weighted by Crippen LogP contribution is 2.27. The molecule has 19 heavy (non-hydrogen) atoms. The number of rotatable bonds is 3. The lowest BCUT2D eigenvalue weighted by atomic mass is 10.1. The molecule has 1 aliphatic rings. The van der Waals surface area contributed by atoms with E-state index in [0.717, 1.165) is 0 Å². The van der Waals surface area contributed by atoms with Crippen LogP contribution in [0.1, 0.15) is 23.2 Å². The van der Waals surface area contributed by atoms with Crippen LogP contribution in [-0.4, -0.2) is 37.0 Å². The van der Waals surface area contributed by atoms with E-state index in [4.69, 9.17) is 0 Å². The number of sulfone groups is 1. The average Bonchev–Trinajstić information content (AvgIpc) is 2.31. The molecule has 1 aliphatic heterocycles. The second-order valence-corrected chi connectivity index (χ2v) is 7.70. The van der Waals surface area contributed by atoms with Gasteiger partial charge in [0, 0.05) is 10.5 Å². The van der Waals surface area contributed by atoms with E-state index in [2.05, 4.69) is 21.2 Å². The summed E-state index contributed by atoms with van der Waals surface area (Å²) in [6.45, 7) is 0. The first kappa shape index (κ1) is 14.3. The van der Waals surface area contributed by atoms with Crippen LogP contribution in [0.25, 0.3) is 0 Å². The topological polar surface area (TPSA) is 83.5 Å². The van der Waals surface area contributed by atoms with Gasteiger partial charge in [0.15, 0.2) is 0 Å². The Morgan fingerprint density at radius 2 is 1.95 bits per heavy atom. The summed E-state index contributed by atoms with van der Waals surface area (Å²) < 4.78 is 23.2. The minimum absolute atomic E-state index is 0.00377. The lowest BCUT2D eigenvalue weighted by Crippen LogP contribution is -2.32. The zero-order chi connectivity index (χ0) is 14.0. The van der Waals surface area contributed by atoms with Crippen LogP contribution in [0, 0.1) is 0 Å². The first-order valence-corrected chi connectivity index (χ1v) is 8.49. The maximum atomic E-state index is 11.3. The van der Waals surface area contributed by atoms with Crippen molar-refractivity contribution >= 4 is 37.4 Å². The number of hydrogen-bond donors (Lipinski definition) is 2. The molecule has 2 N–H and O–H groups in total. The number of aromatic carboxylic acids is 1. The minimum atomic E-state index is -2.91. The normalized spacial score (nSPS) is 19.0. The van der Waals surface area contributed by atoms with Gasteiger partial charge in [-0.25, -0.2) is 13.2 Å². The predicted octanol–water partition coefficient (Wildman–Crippen LogP) is 2.14. The summed E-state index contributed by atoms with van der Waals surface area (Å²) in [5, 5.41) is 12.3. The van der Waals surface area contributed by atoms with E-state index in [1.165, 1.54) is 0 Å². The summed E-state index contributed by atoms with van der Waals surface area (Å²) in [5.41, 5.74) is 0.696. The lowest BCUT2D eigenvalue weighted by molar-refractivity contribution is 0.0697. The number of carboxylic acids is 1. The molecule has 1 aromatic carbocycles. The van der Waals surface area contributed by atoms with Crippen molar-refractivity contribution in [2.75, 3.05) is 16.8 Å². The van der Waals surface area contributed by atoms with Gasteiger partial charge in [0.05, 0.1) is 22.8 Å². The first-order valence-electron chi connectivity index (χ1n) is 5.88. The van der Waals surface area contributed by atoms with Crippen molar-refractivity contribution in [2.45, 2.75) is 18.9 Å². The molecule has 1 aromatic rings. The monoisotopic (exact) mass is 347 g/mol. The van der Waals surface area contributed by atoms with Gasteiger partial charge in [-0.05, 0) is 40.9 Å². The van der Waals surface area contributed by atoms with Crippen molar-refractivity contribution in [2.24, 2.45) is 0 Å². The van der Waals surface area contributed by atoms with E-state index in [9.17, 15) is 18.3 Å². The van der Waals surface area contributed by atoms with Crippen molar-refractivity contribution in [1.82, 2.24) is 0 Å². The predicted molar refractivity (Wildman–Crippen MR) is 76.4 cm³/mol. The van der Waals surface area contributed by atoms with E-state index >= 15 is 0 Å². The van der Waals surface area contributed by atoms with Gasteiger partial charge in [0.25, 0.3) is 0 Å². The zero-order valence-corrected chi connectivity index (χ0v) is 12.5. The van der Waals surface area contributed by atoms with Crippen molar-refractivity contribution in [3.8, 4) is 0 Å². The fraction of sp³-hybridized carbons (Fsp3) is 0.417. The average molecular weight is 348 g/mol. The Balaban J connectivity index is 2.16. The van der Waals surface area contributed by atoms with Crippen LogP contribution in [0.15, 0.2) is 22.7 Å². The molecular formula is C12H14BrNO4S. The van der Waals surface area contributed by atoms with E-state index < -0.39 is 15.8 Å². The van der Waals surface area contributed by atoms with Crippen molar-refractivity contribution in [3.05, 3.63) is 28.2 Å². The number of nitrogens with one attached hydrogen (secondary N) is 1. The molecule has 0 bridgehead atoms. The summed E-state index contributed by atoms with van der Waals surface area (Å²) in [6, 6.07) is 5.10. The van der Waals surface area contributed by atoms with Gasteiger partial charge >= 0.3 is 5.97 Å². The van der Waals surface area contributed by atoms with Gasteiger partial charge in [0.1, 0.15) is 9.84 Å². The van der Waals surface area contributed by atoms with E-state index in [0.29, 0.717) is 23.0 Å². The summed E-state index contributed by atoms with van der Waals surface area (Å²) in [4.78, 5) is 11.2. The molecule has 0 spiro atoms. The zero-order valence-electron chi connectivity index (χ0n) is 10.1. The Morgan fingerprint density at radius 3 is 2.53 bits per heavy atom. The van der Waals surface area contributed by atoms with Gasteiger partial charge in [-0.2, -0.15) is 0 Å². The maximum absolute atomic E-state index is 11.3. The molecule has 1 saturated heterocycles. The Bertz CT molecular complexity index is 586. The Hall–Kier alpha value is -1.08. The number of halogens is 1. The molecule has 0 saturated carbocycles. The number of carbonyl (C=O) groups is 1. The smallest absolute Gasteiger partial charge is 0.338 e. The van der Waals surface area contributed by atoms with Crippen molar-refractivity contribution in [3.63, 3.8) is 0 Å². The molecule has 0 unspecified atom stereocenters. The Morgan fingerprint density at radius 1 is 1.32 bits per heavy atom. The van der Waals surface area contributed by atoms with Gasteiger partial charge in [-0.3, -0.25) is 0 Å². The molecule has 7 heteroatoms. The van der Waals surface area contributed by atoms with Crippen LogP contribution in [0.3, 0.4) is 0 Å². The fourth-order valence-electron chi connectivity index (χ4n) is 2.12. The molecule has 1 fully saturated rings. The molecule has 5 nitrogen and oxygen atoms in total. The van der Waals surface area contributed by atoms with Gasteiger partial charge in [0.2, 0.25) is 0 Å². The quantitative estimate of drug-likeness (QED) is 0.874. The van der Waals surface area contributed by atoms with Crippen LogP contribution in [0.4, 0.5) is 5.69 Å². The summed E-state index contributed by atoms with van der Waals surface area (Å²) in [5.74, 6) is -0.708. The lowest BCUT2D eigenvalue weighted by Gasteiger charge is -2.25. The third-order valence-corrected chi connectivity index (χ3v) is 5.52. The van der Waals surface area contributed by atoms with Gasteiger partial charge in [-0.1, -0.05) is 6.07 Å². The molecule has 0 amide bonds. The highest BCUT2D eigenvalue weighted by Gasteiger charge is 2.25. The van der Waals surface area contributed by atoms with Crippen molar-refractivity contribution < 1.29 is 18.3 Å². The van der Waals surface area contributed by atoms with Crippen LogP contribution < -0.4 is 5.32 Å². The van der Waals surface area contributed by atoms with Crippen molar-refractivity contribution in [1.29, 1.82) is 0 Å². The molecule has 104 valence electrons. The van der Waals surface area contributed by atoms with Crippen LogP contribution in [0.2, 0.25) is 0 Å². The van der Waals surface area contributed by atoms with Gasteiger partial charge < -0.3 is 10.4 Å². The molecule has 0 atom stereocenters. The number of benzene rings is 1. The second-order valence-electron chi connectivity index (χ2n) is 4.54. The largest absolute Gasteiger partial charge is 0.478 e. The highest BCUT2D eigenvalue weighted by atomic mass is 79.9. The summed E-state index contributed by atoms with van der Waals surface area (Å²) >= 11 is 3.21.